The lowest BCUT2D eigenvalue weighted by Gasteiger charge is -2.29. The van der Waals surface area contributed by atoms with Gasteiger partial charge in [0.2, 0.25) is 0 Å². The molecule has 1 aliphatic rings. The molecule has 3 rings (SSSR count). The van der Waals surface area contributed by atoms with E-state index < -0.39 is 0 Å². The summed E-state index contributed by atoms with van der Waals surface area (Å²) in [7, 11) is 0. The summed E-state index contributed by atoms with van der Waals surface area (Å²) in [5.41, 5.74) is 7.35. The first kappa shape index (κ1) is 21.2. The normalized spacial score (nSPS) is 19.7. The maximum absolute atomic E-state index is 2.42. The van der Waals surface area contributed by atoms with Crippen molar-refractivity contribution in [1.82, 2.24) is 0 Å². The summed E-state index contributed by atoms with van der Waals surface area (Å²) >= 11 is 0. The molecule has 0 radical (unpaired) electrons. The van der Waals surface area contributed by atoms with E-state index in [2.05, 4.69) is 63.2 Å². The Balaban J connectivity index is 1.63. The summed E-state index contributed by atoms with van der Waals surface area (Å²) in [6, 6.07) is 16.7. The minimum absolute atomic E-state index is 0.786. The Kier molecular flexibility index (Phi) is 8.19. The van der Waals surface area contributed by atoms with Crippen molar-refractivity contribution < 1.29 is 0 Å². The highest BCUT2D eigenvalue weighted by atomic mass is 14.3. The fraction of sp³-hybridized carbons (Fsp3) is 0.571. The van der Waals surface area contributed by atoms with Gasteiger partial charge in [-0.05, 0) is 78.2 Å². The number of hydrogen-bond acceptors (Lipinski definition) is 0. The maximum atomic E-state index is 2.42. The molecule has 152 valence electrons. The van der Waals surface area contributed by atoms with Crippen LogP contribution in [-0.4, -0.2) is 0 Å². The van der Waals surface area contributed by atoms with Crippen molar-refractivity contribution in [3.63, 3.8) is 0 Å². The molecule has 0 N–H and O–H groups in total. The molecule has 2 aromatic rings. The van der Waals surface area contributed by atoms with Gasteiger partial charge in [-0.15, -0.1) is 0 Å². The topological polar surface area (TPSA) is 0 Å². The molecule has 1 fully saturated rings. The fourth-order valence-electron chi connectivity index (χ4n) is 5.07. The lowest BCUT2D eigenvalue weighted by Crippen LogP contribution is -2.13. The van der Waals surface area contributed by atoms with Crippen molar-refractivity contribution >= 4 is 0 Å². The zero-order chi connectivity index (χ0) is 19.8. The molecule has 28 heavy (non-hydrogen) atoms. The summed E-state index contributed by atoms with van der Waals surface area (Å²) in [6.07, 6.45) is 14.9. The first-order valence-corrected chi connectivity index (χ1v) is 12.0. The van der Waals surface area contributed by atoms with Gasteiger partial charge in [-0.25, -0.2) is 0 Å². The minimum atomic E-state index is 0.786. The Morgan fingerprint density at radius 1 is 0.786 bits per heavy atom. The molecule has 1 saturated carbocycles. The van der Waals surface area contributed by atoms with Gasteiger partial charge in [-0.2, -0.15) is 0 Å². The van der Waals surface area contributed by atoms with E-state index in [-0.39, 0.29) is 0 Å². The second-order valence-corrected chi connectivity index (χ2v) is 8.93. The smallest absolute Gasteiger partial charge is 0.0152 e. The number of hydrogen-bond donors (Lipinski definition) is 0. The third-order valence-electron chi connectivity index (χ3n) is 6.85. The van der Waals surface area contributed by atoms with Gasteiger partial charge in [0, 0.05) is 0 Å². The van der Waals surface area contributed by atoms with E-state index in [1.165, 1.54) is 86.5 Å². The van der Waals surface area contributed by atoms with Gasteiger partial charge in [-0.1, -0.05) is 95.3 Å². The lowest BCUT2D eigenvalue weighted by molar-refractivity contribution is 0.303. The molecule has 0 nitrogen and oxygen atoms in total. The largest absolute Gasteiger partial charge is 0.0654 e. The molecule has 0 bridgehead atoms. The summed E-state index contributed by atoms with van der Waals surface area (Å²) in [5, 5.41) is 0. The average Bonchev–Trinajstić information content (AvgIpc) is 2.75. The molecule has 0 heterocycles. The second-order valence-electron chi connectivity index (χ2n) is 8.93. The quantitative estimate of drug-likeness (QED) is 0.384. The molecule has 1 aliphatic carbocycles. The predicted octanol–water partition coefficient (Wildman–Crippen LogP) is 8.72. The average molecular weight is 377 g/mol. The third kappa shape index (κ3) is 5.49. The van der Waals surface area contributed by atoms with Crippen LogP contribution in [0.15, 0.2) is 42.5 Å². The van der Waals surface area contributed by atoms with E-state index >= 15 is 0 Å². The van der Waals surface area contributed by atoms with Crippen LogP contribution in [0.1, 0.15) is 101 Å². The fourth-order valence-corrected chi connectivity index (χ4v) is 5.07. The lowest BCUT2D eigenvalue weighted by atomic mass is 9.77. The highest BCUT2D eigenvalue weighted by Crippen LogP contribution is 2.38. The third-order valence-corrected chi connectivity index (χ3v) is 6.85. The van der Waals surface area contributed by atoms with E-state index in [1.54, 1.807) is 5.56 Å². The molecule has 2 aromatic carbocycles. The van der Waals surface area contributed by atoms with Crippen molar-refractivity contribution in [2.45, 2.75) is 97.3 Å². The first-order valence-electron chi connectivity index (χ1n) is 12.0. The molecular weight excluding hydrogens is 336 g/mol. The Morgan fingerprint density at radius 2 is 1.54 bits per heavy atom. The highest BCUT2D eigenvalue weighted by molar-refractivity contribution is 5.68. The molecule has 0 atom stereocenters. The van der Waals surface area contributed by atoms with Gasteiger partial charge in [0.25, 0.3) is 0 Å². The Labute approximate surface area is 173 Å². The standard InChI is InChI=1S/C28H40/c1-4-7-8-10-22-11-14-25(15-12-22)26-16-18-27(19-17-26)28-20-13-23(9-5-2)21-24(28)6-3/h13,16-22,25H,4-12,14-15H2,1-3H3. The number of rotatable bonds is 9. The van der Waals surface area contributed by atoms with E-state index in [0.29, 0.717) is 0 Å². The van der Waals surface area contributed by atoms with Gasteiger partial charge in [0.1, 0.15) is 0 Å². The van der Waals surface area contributed by atoms with Crippen LogP contribution in [0.25, 0.3) is 11.1 Å². The van der Waals surface area contributed by atoms with Gasteiger partial charge in [-0.3, -0.25) is 0 Å². The first-order chi connectivity index (χ1) is 13.7. The van der Waals surface area contributed by atoms with E-state index in [4.69, 9.17) is 0 Å². The second kappa shape index (κ2) is 10.8. The number of unbranched alkanes of at least 4 members (excludes halogenated alkanes) is 2. The molecule has 0 amide bonds. The van der Waals surface area contributed by atoms with Crippen LogP contribution in [0.2, 0.25) is 0 Å². The minimum Gasteiger partial charge on any atom is -0.0654 e. The molecular formula is C28H40. The SMILES string of the molecule is CCCCCC1CCC(c2ccc(-c3ccc(CCC)cc3CC)cc2)CC1. The van der Waals surface area contributed by atoms with Crippen LogP contribution in [0.5, 0.6) is 0 Å². The van der Waals surface area contributed by atoms with E-state index in [0.717, 1.165) is 18.3 Å². The van der Waals surface area contributed by atoms with Gasteiger partial charge in [0.15, 0.2) is 0 Å². The van der Waals surface area contributed by atoms with Crippen molar-refractivity contribution in [1.29, 1.82) is 0 Å². The zero-order valence-corrected chi connectivity index (χ0v) is 18.5. The van der Waals surface area contributed by atoms with Crippen molar-refractivity contribution in [3.05, 3.63) is 59.2 Å². The van der Waals surface area contributed by atoms with Crippen molar-refractivity contribution in [2.24, 2.45) is 5.92 Å². The number of aryl methyl sites for hydroxylation is 2. The Bertz CT molecular complexity index is 701. The predicted molar refractivity (Wildman–Crippen MR) is 124 cm³/mol. The Hall–Kier alpha value is -1.56. The highest BCUT2D eigenvalue weighted by Gasteiger charge is 2.22. The molecule has 0 aliphatic heterocycles. The molecule has 0 aromatic heterocycles. The van der Waals surface area contributed by atoms with Gasteiger partial charge >= 0.3 is 0 Å². The van der Waals surface area contributed by atoms with Crippen LogP contribution >= 0.6 is 0 Å². The van der Waals surface area contributed by atoms with Crippen molar-refractivity contribution in [3.8, 4) is 11.1 Å². The van der Waals surface area contributed by atoms with Crippen LogP contribution in [0.3, 0.4) is 0 Å². The molecule has 0 heteroatoms. The van der Waals surface area contributed by atoms with E-state index in [1.807, 2.05) is 0 Å². The number of benzene rings is 2. The monoisotopic (exact) mass is 376 g/mol. The maximum Gasteiger partial charge on any atom is -0.0152 e. The van der Waals surface area contributed by atoms with Crippen LogP contribution in [0.4, 0.5) is 0 Å². The van der Waals surface area contributed by atoms with Crippen LogP contribution < -0.4 is 0 Å². The van der Waals surface area contributed by atoms with Gasteiger partial charge in [0.05, 0.1) is 0 Å². The van der Waals surface area contributed by atoms with Crippen LogP contribution in [0, 0.1) is 5.92 Å². The van der Waals surface area contributed by atoms with E-state index in [9.17, 15) is 0 Å². The summed E-state index contributed by atoms with van der Waals surface area (Å²) in [6.45, 7) is 6.85. The molecule has 0 saturated heterocycles. The molecule has 0 spiro atoms. The van der Waals surface area contributed by atoms with Crippen LogP contribution in [-0.2, 0) is 12.8 Å². The summed E-state index contributed by atoms with van der Waals surface area (Å²) in [5.74, 6) is 1.78. The van der Waals surface area contributed by atoms with Crippen molar-refractivity contribution in [2.75, 3.05) is 0 Å². The zero-order valence-electron chi connectivity index (χ0n) is 18.5. The Morgan fingerprint density at radius 3 is 2.18 bits per heavy atom. The molecule has 0 unspecified atom stereocenters. The van der Waals surface area contributed by atoms with Gasteiger partial charge < -0.3 is 0 Å². The summed E-state index contributed by atoms with van der Waals surface area (Å²) in [4.78, 5) is 0. The summed E-state index contributed by atoms with van der Waals surface area (Å²) < 4.78 is 0.